The first kappa shape index (κ1) is 18.0. The summed E-state index contributed by atoms with van der Waals surface area (Å²) in [5.74, 6) is -0.133. The van der Waals surface area contributed by atoms with Crippen molar-refractivity contribution in [3.8, 4) is 0 Å². The molecule has 1 aromatic rings. The van der Waals surface area contributed by atoms with Crippen molar-refractivity contribution >= 4 is 33.2 Å². The highest BCUT2D eigenvalue weighted by Gasteiger charge is 2.26. The maximum Gasteiger partial charge on any atom is 0.252 e. The molecule has 1 aromatic carbocycles. The van der Waals surface area contributed by atoms with E-state index >= 15 is 0 Å². The first-order valence-electron chi connectivity index (χ1n) is 7.53. The van der Waals surface area contributed by atoms with Gasteiger partial charge in [0.15, 0.2) is 0 Å². The van der Waals surface area contributed by atoms with Crippen LogP contribution in [0.15, 0.2) is 18.2 Å². The number of carbonyl (C=O) groups excluding carboxylic acids is 1. The molecular weight excluding hydrogens is 340 g/mol. The summed E-state index contributed by atoms with van der Waals surface area (Å²) in [4.78, 5) is 12.1. The zero-order valence-corrected chi connectivity index (χ0v) is 14.6. The average Bonchev–Trinajstić information content (AvgIpc) is 2.51. The molecule has 0 aliphatic carbocycles. The Morgan fingerprint density at radius 1 is 1.39 bits per heavy atom. The van der Waals surface area contributed by atoms with Crippen LogP contribution in [-0.2, 0) is 14.8 Å². The third kappa shape index (κ3) is 4.59. The lowest BCUT2D eigenvalue weighted by Gasteiger charge is -2.28. The third-order valence-corrected chi connectivity index (χ3v) is 5.83. The fourth-order valence-electron chi connectivity index (χ4n) is 2.44. The molecule has 0 unspecified atom stereocenters. The minimum atomic E-state index is -3.29. The zero-order valence-electron chi connectivity index (χ0n) is 13.0. The van der Waals surface area contributed by atoms with Crippen LogP contribution in [-0.4, -0.2) is 46.9 Å². The Kier molecular flexibility index (Phi) is 6.26. The summed E-state index contributed by atoms with van der Waals surface area (Å²) in [5.41, 5.74) is 0.841. The Hall–Kier alpha value is -1.31. The minimum Gasteiger partial charge on any atom is -0.385 e. The molecule has 128 valence electrons. The fraction of sp³-hybridized carbons (Fsp3) is 0.533. The molecule has 0 bridgehead atoms. The lowest BCUT2D eigenvalue weighted by molar-refractivity contribution is 0.0949. The highest BCUT2D eigenvalue weighted by atomic mass is 35.5. The number of nitrogens with one attached hydrogen (secondary N) is 1. The predicted molar refractivity (Wildman–Crippen MR) is 90.6 cm³/mol. The van der Waals surface area contributed by atoms with Crippen molar-refractivity contribution in [2.75, 3.05) is 36.9 Å². The van der Waals surface area contributed by atoms with E-state index in [1.807, 2.05) is 0 Å². The third-order valence-electron chi connectivity index (χ3n) is 3.65. The number of halogens is 1. The van der Waals surface area contributed by atoms with E-state index in [0.29, 0.717) is 43.8 Å². The highest BCUT2D eigenvalue weighted by molar-refractivity contribution is 7.92. The quantitative estimate of drug-likeness (QED) is 0.788. The molecule has 0 saturated carbocycles. The van der Waals surface area contributed by atoms with Crippen LogP contribution < -0.4 is 9.62 Å². The van der Waals surface area contributed by atoms with Crippen LogP contribution in [0.1, 0.15) is 29.6 Å². The fourth-order valence-corrected chi connectivity index (χ4v) is 4.33. The van der Waals surface area contributed by atoms with E-state index in [1.165, 1.54) is 10.4 Å². The van der Waals surface area contributed by atoms with Gasteiger partial charge in [-0.2, -0.15) is 0 Å². The average molecular weight is 361 g/mol. The number of amides is 1. The molecule has 1 aliphatic rings. The van der Waals surface area contributed by atoms with Gasteiger partial charge in [0.1, 0.15) is 0 Å². The maximum atomic E-state index is 12.1. The molecule has 0 spiro atoms. The van der Waals surface area contributed by atoms with E-state index < -0.39 is 10.0 Å². The van der Waals surface area contributed by atoms with E-state index in [4.69, 9.17) is 16.3 Å². The number of ether oxygens (including phenoxy) is 1. The molecule has 1 N–H and O–H groups in total. The van der Waals surface area contributed by atoms with Crippen molar-refractivity contribution in [2.45, 2.75) is 19.3 Å². The Morgan fingerprint density at radius 3 is 2.83 bits per heavy atom. The first-order valence-corrected chi connectivity index (χ1v) is 9.51. The van der Waals surface area contributed by atoms with Gasteiger partial charge in [-0.05, 0) is 37.5 Å². The first-order chi connectivity index (χ1) is 11.0. The van der Waals surface area contributed by atoms with Gasteiger partial charge in [0.25, 0.3) is 5.91 Å². The van der Waals surface area contributed by atoms with Gasteiger partial charge in [-0.25, -0.2) is 8.42 Å². The molecule has 1 saturated heterocycles. The summed E-state index contributed by atoms with van der Waals surface area (Å²) >= 11 is 6.17. The Morgan fingerprint density at radius 2 is 2.17 bits per heavy atom. The Bertz CT molecular complexity index is 663. The van der Waals surface area contributed by atoms with Crippen molar-refractivity contribution in [2.24, 2.45) is 0 Å². The van der Waals surface area contributed by atoms with Crippen LogP contribution in [0.25, 0.3) is 0 Å². The second kappa shape index (κ2) is 7.99. The molecule has 0 radical (unpaired) electrons. The number of nitrogens with zero attached hydrogens (tertiary/aromatic N) is 1. The molecule has 23 heavy (non-hydrogen) atoms. The molecule has 8 heteroatoms. The maximum absolute atomic E-state index is 12.1. The minimum absolute atomic E-state index is 0.145. The number of sulfonamides is 1. The number of rotatable bonds is 6. The standard InChI is InChI=1S/C15H21ClN2O4S/c1-22-9-4-7-17-15(19)13-6-5-12(11-14(13)16)18-8-2-3-10-23(18,20)21/h5-6,11H,2-4,7-10H2,1H3,(H,17,19). The largest absolute Gasteiger partial charge is 0.385 e. The lowest BCUT2D eigenvalue weighted by atomic mass is 10.2. The number of carbonyl (C=O) groups is 1. The van der Waals surface area contributed by atoms with Gasteiger partial charge < -0.3 is 10.1 Å². The van der Waals surface area contributed by atoms with Crippen molar-refractivity contribution in [1.29, 1.82) is 0 Å². The highest BCUT2D eigenvalue weighted by Crippen LogP contribution is 2.28. The van der Waals surface area contributed by atoms with Crippen molar-refractivity contribution in [3.05, 3.63) is 28.8 Å². The zero-order chi connectivity index (χ0) is 16.9. The molecule has 6 nitrogen and oxygen atoms in total. The number of methoxy groups -OCH3 is 1. The number of hydrogen-bond donors (Lipinski definition) is 1. The lowest BCUT2D eigenvalue weighted by Crippen LogP contribution is -2.37. The number of hydrogen-bond acceptors (Lipinski definition) is 4. The summed E-state index contributed by atoms with van der Waals surface area (Å²) in [7, 11) is -1.68. The molecule has 0 atom stereocenters. The summed E-state index contributed by atoms with van der Waals surface area (Å²) in [6, 6.07) is 4.72. The van der Waals surface area contributed by atoms with E-state index in [0.717, 1.165) is 6.42 Å². The van der Waals surface area contributed by atoms with Crippen LogP contribution in [0.3, 0.4) is 0 Å². The SMILES string of the molecule is COCCCNC(=O)c1ccc(N2CCCCS2(=O)=O)cc1Cl. The topological polar surface area (TPSA) is 75.7 Å². The number of benzene rings is 1. The molecular formula is C15H21ClN2O4S. The van der Waals surface area contributed by atoms with Crippen LogP contribution in [0.2, 0.25) is 5.02 Å². The van der Waals surface area contributed by atoms with Gasteiger partial charge in [0, 0.05) is 26.8 Å². The Labute approximate surface area is 141 Å². The molecule has 2 rings (SSSR count). The smallest absolute Gasteiger partial charge is 0.252 e. The van der Waals surface area contributed by atoms with Crippen molar-refractivity contribution in [3.63, 3.8) is 0 Å². The van der Waals surface area contributed by atoms with Crippen LogP contribution in [0.5, 0.6) is 0 Å². The van der Waals surface area contributed by atoms with Gasteiger partial charge in [0.2, 0.25) is 10.0 Å². The summed E-state index contributed by atoms with van der Waals surface area (Å²) in [6.07, 6.45) is 2.21. The van der Waals surface area contributed by atoms with E-state index in [1.54, 1.807) is 19.2 Å². The molecule has 1 amide bonds. The van der Waals surface area contributed by atoms with Gasteiger partial charge in [0.05, 0.1) is 22.0 Å². The summed E-state index contributed by atoms with van der Waals surface area (Å²) in [5, 5.41) is 3.00. The second-order valence-corrected chi connectivity index (χ2v) is 7.78. The van der Waals surface area contributed by atoms with Gasteiger partial charge in [-0.15, -0.1) is 0 Å². The van der Waals surface area contributed by atoms with Crippen LogP contribution >= 0.6 is 11.6 Å². The van der Waals surface area contributed by atoms with Gasteiger partial charge >= 0.3 is 0 Å². The summed E-state index contributed by atoms with van der Waals surface area (Å²) < 4.78 is 30.5. The van der Waals surface area contributed by atoms with Crippen LogP contribution in [0.4, 0.5) is 5.69 Å². The monoisotopic (exact) mass is 360 g/mol. The second-order valence-electron chi connectivity index (χ2n) is 5.36. The normalized spacial score (nSPS) is 17.0. The van der Waals surface area contributed by atoms with Crippen molar-refractivity contribution in [1.82, 2.24) is 5.32 Å². The Balaban J connectivity index is 2.10. The molecule has 1 heterocycles. The molecule has 1 fully saturated rings. The van der Waals surface area contributed by atoms with E-state index in [-0.39, 0.29) is 16.7 Å². The summed E-state index contributed by atoms with van der Waals surface area (Å²) in [6.45, 7) is 1.51. The molecule has 1 aliphatic heterocycles. The predicted octanol–water partition coefficient (Wildman–Crippen LogP) is 2.04. The van der Waals surface area contributed by atoms with Gasteiger partial charge in [-0.3, -0.25) is 9.10 Å². The molecule has 0 aromatic heterocycles. The van der Waals surface area contributed by atoms with Crippen molar-refractivity contribution < 1.29 is 17.9 Å². The van der Waals surface area contributed by atoms with Crippen LogP contribution in [0, 0.1) is 0 Å². The number of anilines is 1. The van der Waals surface area contributed by atoms with E-state index in [9.17, 15) is 13.2 Å². The van der Waals surface area contributed by atoms with Gasteiger partial charge in [-0.1, -0.05) is 11.6 Å². The van der Waals surface area contributed by atoms with E-state index in [2.05, 4.69) is 5.32 Å².